The molecule has 1 fully saturated rings. The molecule has 0 saturated carbocycles. The molecule has 1 N–H and O–H groups in total. The van der Waals surface area contributed by atoms with Gasteiger partial charge in [0.25, 0.3) is 0 Å². The van der Waals surface area contributed by atoms with Crippen molar-refractivity contribution in [3.05, 3.63) is 120 Å². The molecule has 1 aliphatic heterocycles. The average Bonchev–Trinajstić information content (AvgIpc) is 2.96. The van der Waals surface area contributed by atoms with Crippen LogP contribution < -0.4 is 5.32 Å². The summed E-state index contributed by atoms with van der Waals surface area (Å²) in [6.45, 7) is 5.08. The Morgan fingerprint density at radius 1 is 0.769 bits per heavy atom. The third-order valence-electron chi connectivity index (χ3n) is 6.73. The zero-order valence-electron chi connectivity index (χ0n) is 22.8. The number of hydrogen-bond acceptors (Lipinski definition) is 5. The summed E-state index contributed by atoms with van der Waals surface area (Å²) in [5, 5.41) is 3.11. The van der Waals surface area contributed by atoms with Crippen LogP contribution in [0.3, 0.4) is 0 Å². The highest BCUT2D eigenvalue weighted by molar-refractivity contribution is 5.73. The molecule has 6 nitrogen and oxygen atoms in total. The van der Waals surface area contributed by atoms with Crippen molar-refractivity contribution in [3.8, 4) is 0 Å². The van der Waals surface area contributed by atoms with E-state index in [1.54, 1.807) is 0 Å². The summed E-state index contributed by atoms with van der Waals surface area (Å²) in [7, 11) is 0. The molecule has 1 aliphatic rings. The first-order chi connectivity index (χ1) is 19.1. The van der Waals surface area contributed by atoms with Crippen LogP contribution in [-0.4, -0.2) is 43.0 Å². The first kappa shape index (κ1) is 28.7. The van der Waals surface area contributed by atoms with Gasteiger partial charge in [-0.1, -0.05) is 103 Å². The number of rotatable bonds is 13. The number of carbonyl (C=O) groups is 1. The molecular weight excluding hydrogens is 490 g/mol. The van der Waals surface area contributed by atoms with Crippen molar-refractivity contribution >= 4 is 5.91 Å². The normalized spacial score (nSPS) is 23.1. The van der Waals surface area contributed by atoms with E-state index in [-0.39, 0.29) is 12.0 Å². The molecule has 0 radical (unpaired) electrons. The topological polar surface area (TPSA) is 66.0 Å². The van der Waals surface area contributed by atoms with Crippen LogP contribution in [-0.2, 0) is 43.6 Å². The van der Waals surface area contributed by atoms with Gasteiger partial charge in [0.2, 0.25) is 5.91 Å². The van der Waals surface area contributed by atoms with Crippen molar-refractivity contribution in [1.29, 1.82) is 0 Å². The van der Waals surface area contributed by atoms with Crippen molar-refractivity contribution in [2.75, 3.05) is 6.61 Å². The second-order valence-electron chi connectivity index (χ2n) is 9.77. The van der Waals surface area contributed by atoms with E-state index in [4.69, 9.17) is 18.9 Å². The first-order valence-electron chi connectivity index (χ1n) is 13.6. The number of ether oxygens (including phenoxy) is 4. The molecule has 1 amide bonds. The van der Waals surface area contributed by atoms with E-state index in [9.17, 15) is 4.79 Å². The molecule has 1 heterocycles. The van der Waals surface area contributed by atoms with Crippen LogP contribution in [0.25, 0.3) is 0 Å². The third kappa shape index (κ3) is 8.87. The van der Waals surface area contributed by atoms with Crippen molar-refractivity contribution in [1.82, 2.24) is 5.32 Å². The SMILES string of the molecule is C/C=C/C[C@@H]1O[C@H](COCc2ccccc2)[C@@H](OCc2ccccc2)[C@H](OCc2ccccc2)[C@H]1NC(C)=O. The summed E-state index contributed by atoms with van der Waals surface area (Å²) in [6, 6.07) is 29.7. The molecule has 0 spiro atoms. The van der Waals surface area contributed by atoms with Crippen LogP contribution in [0.5, 0.6) is 0 Å². The van der Waals surface area contributed by atoms with Crippen LogP contribution >= 0.6 is 0 Å². The maximum absolute atomic E-state index is 12.3. The predicted octanol–water partition coefficient (Wildman–Crippen LogP) is 5.61. The number of hydrogen-bond donors (Lipinski definition) is 1. The molecule has 0 unspecified atom stereocenters. The molecule has 0 bridgehead atoms. The van der Waals surface area contributed by atoms with Crippen molar-refractivity contribution in [3.63, 3.8) is 0 Å². The molecule has 206 valence electrons. The molecule has 39 heavy (non-hydrogen) atoms. The van der Waals surface area contributed by atoms with E-state index in [0.29, 0.717) is 32.8 Å². The Hall–Kier alpha value is -3.29. The minimum Gasteiger partial charge on any atom is -0.374 e. The van der Waals surface area contributed by atoms with Gasteiger partial charge in [-0.05, 0) is 30.0 Å². The largest absolute Gasteiger partial charge is 0.374 e. The maximum atomic E-state index is 12.3. The Balaban J connectivity index is 1.60. The Morgan fingerprint density at radius 3 is 1.79 bits per heavy atom. The van der Waals surface area contributed by atoms with E-state index >= 15 is 0 Å². The zero-order valence-corrected chi connectivity index (χ0v) is 22.8. The summed E-state index contributed by atoms with van der Waals surface area (Å²) in [5.74, 6) is -0.136. The summed E-state index contributed by atoms with van der Waals surface area (Å²) >= 11 is 0. The quantitative estimate of drug-likeness (QED) is 0.292. The van der Waals surface area contributed by atoms with E-state index in [1.807, 2.05) is 104 Å². The van der Waals surface area contributed by atoms with E-state index in [2.05, 4.69) is 11.4 Å². The number of carbonyl (C=O) groups excluding carboxylic acids is 1. The van der Waals surface area contributed by atoms with Gasteiger partial charge in [0.1, 0.15) is 18.3 Å². The number of amides is 1. The van der Waals surface area contributed by atoms with Crippen LogP contribution in [0.15, 0.2) is 103 Å². The Kier molecular flexibility index (Phi) is 11.3. The van der Waals surface area contributed by atoms with Crippen LogP contribution in [0, 0.1) is 0 Å². The van der Waals surface area contributed by atoms with Gasteiger partial charge in [-0.25, -0.2) is 0 Å². The lowest BCUT2D eigenvalue weighted by Crippen LogP contribution is -2.65. The van der Waals surface area contributed by atoms with Crippen LogP contribution in [0.4, 0.5) is 0 Å². The number of benzene rings is 3. The minimum atomic E-state index is -0.469. The molecule has 0 aliphatic carbocycles. The predicted molar refractivity (Wildman–Crippen MR) is 152 cm³/mol. The first-order valence-corrected chi connectivity index (χ1v) is 13.6. The van der Waals surface area contributed by atoms with Crippen LogP contribution in [0.1, 0.15) is 37.0 Å². The Morgan fingerprint density at radius 2 is 1.28 bits per heavy atom. The lowest BCUT2D eigenvalue weighted by molar-refractivity contribution is -0.231. The van der Waals surface area contributed by atoms with E-state index in [1.165, 1.54) is 6.92 Å². The van der Waals surface area contributed by atoms with Gasteiger partial charge in [-0.15, -0.1) is 0 Å². The molecule has 1 saturated heterocycles. The molecule has 3 aromatic carbocycles. The highest BCUT2D eigenvalue weighted by Gasteiger charge is 2.47. The fraction of sp³-hybridized carbons (Fsp3) is 0.364. The lowest BCUT2D eigenvalue weighted by atomic mass is 9.90. The molecular formula is C33H39NO5. The van der Waals surface area contributed by atoms with Gasteiger partial charge < -0.3 is 24.3 Å². The van der Waals surface area contributed by atoms with Gasteiger partial charge in [-0.3, -0.25) is 4.79 Å². The van der Waals surface area contributed by atoms with Crippen molar-refractivity contribution in [2.24, 2.45) is 0 Å². The summed E-state index contributed by atoms with van der Waals surface area (Å²) in [6.07, 6.45) is 3.07. The summed E-state index contributed by atoms with van der Waals surface area (Å²) in [5.41, 5.74) is 3.19. The Labute approximate surface area is 231 Å². The summed E-state index contributed by atoms with van der Waals surface area (Å²) in [4.78, 5) is 12.3. The van der Waals surface area contributed by atoms with Gasteiger partial charge in [0.05, 0.1) is 38.6 Å². The van der Waals surface area contributed by atoms with Gasteiger partial charge >= 0.3 is 0 Å². The standard InChI is InChI=1S/C33H39NO5/c1-3-4-20-29-31(34-25(2)35)33(38-23-28-18-12-7-13-19-28)32(37-22-27-16-10-6-11-17-27)30(39-29)24-36-21-26-14-8-5-9-15-26/h3-19,29-33H,20-24H2,1-2H3,(H,34,35)/b4-3+/t29-,30+,31-,32+,33+/m0/s1. The second kappa shape index (κ2) is 15.3. The van der Waals surface area contributed by atoms with Crippen molar-refractivity contribution in [2.45, 2.75) is 70.5 Å². The van der Waals surface area contributed by atoms with E-state index in [0.717, 1.165) is 16.7 Å². The monoisotopic (exact) mass is 529 g/mol. The fourth-order valence-corrected chi connectivity index (χ4v) is 4.83. The Bertz CT molecular complexity index is 1140. The number of nitrogens with one attached hydrogen (secondary N) is 1. The van der Waals surface area contributed by atoms with E-state index < -0.39 is 24.4 Å². The molecule has 4 rings (SSSR count). The fourth-order valence-electron chi connectivity index (χ4n) is 4.83. The van der Waals surface area contributed by atoms with Gasteiger partial charge in [0.15, 0.2) is 0 Å². The maximum Gasteiger partial charge on any atom is 0.217 e. The average molecular weight is 530 g/mol. The van der Waals surface area contributed by atoms with Crippen molar-refractivity contribution < 1.29 is 23.7 Å². The summed E-state index contributed by atoms with van der Waals surface area (Å²) < 4.78 is 25.9. The molecule has 6 heteroatoms. The molecule has 5 atom stereocenters. The van der Waals surface area contributed by atoms with Gasteiger partial charge in [-0.2, -0.15) is 0 Å². The zero-order chi connectivity index (χ0) is 27.3. The van der Waals surface area contributed by atoms with Gasteiger partial charge in [0, 0.05) is 6.92 Å². The highest BCUT2D eigenvalue weighted by Crippen LogP contribution is 2.30. The smallest absolute Gasteiger partial charge is 0.217 e. The molecule has 3 aromatic rings. The van der Waals surface area contributed by atoms with Crippen LogP contribution in [0.2, 0.25) is 0 Å². The minimum absolute atomic E-state index is 0.136. The number of allylic oxidation sites excluding steroid dienone is 1. The molecule has 0 aromatic heterocycles. The second-order valence-corrected chi connectivity index (χ2v) is 9.77. The third-order valence-corrected chi connectivity index (χ3v) is 6.73. The highest BCUT2D eigenvalue weighted by atomic mass is 16.6. The lowest BCUT2D eigenvalue weighted by Gasteiger charge is -2.46.